The van der Waals surface area contributed by atoms with Crippen molar-refractivity contribution in [3.63, 3.8) is 0 Å². The highest BCUT2D eigenvalue weighted by molar-refractivity contribution is 7.22. The molecule has 2 N–H and O–H groups in total. The number of amides is 1. The first-order valence-electron chi connectivity index (χ1n) is 12.2. The molecule has 2 aromatic heterocycles. The van der Waals surface area contributed by atoms with Gasteiger partial charge < -0.3 is 20.1 Å². The summed E-state index contributed by atoms with van der Waals surface area (Å²) in [5.74, 6) is 1.73. The molecular formula is C26H30N4O4S. The predicted octanol–water partition coefficient (Wildman–Crippen LogP) is 4.95. The van der Waals surface area contributed by atoms with Crippen molar-refractivity contribution in [3.05, 3.63) is 42.2 Å². The number of anilines is 1. The van der Waals surface area contributed by atoms with Crippen LogP contribution in [0, 0.1) is 5.92 Å². The highest BCUT2D eigenvalue weighted by atomic mass is 32.1. The van der Waals surface area contributed by atoms with Crippen LogP contribution in [0.4, 0.5) is 5.13 Å². The molecule has 3 heterocycles. The number of rotatable bonds is 8. The Bertz CT molecular complexity index is 1200. The molecule has 0 unspecified atom stereocenters. The molecular weight excluding hydrogens is 464 g/mol. The number of pyridine rings is 1. The zero-order valence-corrected chi connectivity index (χ0v) is 20.6. The van der Waals surface area contributed by atoms with Gasteiger partial charge in [0.2, 0.25) is 0 Å². The van der Waals surface area contributed by atoms with Crippen LogP contribution >= 0.6 is 11.3 Å². The van der Waals surface area contributed by atoms with E-state index >= 15 is 0 Å². The van der Waals surface area contributed by atoms with Crippen LogP contribution in [-0.2, 0) is 9.53 Å². The van der Waals surface area contributed by atoms with Crippen molar-refractivity contribution in [2.45, 2.75) is 57.1 Å². The van der Waals surface area contributed by atoms with E-state index in [-0.39, 0.29) is 12.0 Å². The zero-order valence-electron chi connectivity index (χ0n) is 19.8. The van der Waals surface area contributed by atoms with E-state index in [1.54, 1.807) is 36.7 Å². The topological polar surface area (TPSA) is 102 Å². The fourth-order valence-electron chi connectivity index (χ4n) is 4.83. The summed E-state index contributed by atoms with van der Waals surface area (Å²) >= 11 is 1.61. The Morgan fingerprint density at radius 2 is 1.94 bits per heavy atom. The van der Waals surface area contributed by atoms with Crippen molar-refractivity contribution in [3.8, 4) is 11.5 Å². The quantitative estimate of drug-likeness (QED) is 0.457. The minimum absolute atomic E-state index is 0.154. The number of nitrogens with zero attached hydrogens (tertiary/aromatic N) is 2. The van der Waals surface area contributed by atoms with Crippen molar-refractivity contribution >= 4 is 38.4 Å². The van der Waals surface area contributed by atoms with Gasteiger partial charge in [-0.3, -0.25) is 14.6 Å². The van der Waals surface area contributed by atoms with Gasteiger partial charge in [-0.05, 0) is 62.6 Å². The lowest BCUT2D eigenvalue weighted by Gasteiger charge is -2.29. The molecule has 184 valence electrons. The van der Waals surface area contributed by atoms with Gasteiger partial charge in [-0.1, -0.05) is 11.3 Å². The van der Waals surface area contributed by atoms with Crippen LogP contribution in [0.25, 0.3) is 10.2 Å². The SMILES string of the molecule is CNC(=O)c1cc(Oc2ccc3nc(NC4CCC(CC(=O)[C@H]5CCCO5)CC4)sc3c2)ccn1. The maximum Gasteiger partial charge on any atom is 0.269 e. The maximum atomic E-state index is 12.4. The number of carbonyl (C=O) groups is 2. The fourth-order valence-corrected chi connectivity index (χ4v) is 5.80. The van der Waals surface area contributed by atoms with Crippen molar-refractivity contribution in [2.24, 2.45) is 5.92 Å². The summed E-state index contributed by atoms with van der Waals surface area (Å²) in [7, 11) is 1.57. The Hall–Kier alpha value is -3.04. The van der Waals surface area contributed by atoms with Gasteiger partial charge in [0.25, 0.3) is 5.91 Å². The van der Waals surface area contributed by atoms with Gasteiger partial charge in [-0.25, -0.2) is 4.98 Å². The summed E-state index contributed by atoms with van der Waals surface area (Å²) in [6.07, 6.45) is 8.16. The summed E-state index contributed by atoms with van der Waals surface area (Å²) in [6, 6.07) is 9.50. The van der Waals surface area contributed by atoms with Crippen molar-refractivity contribution < 1.29 is 19.1 Å². The van der Waals surface area contributed by atoms with E-state index in [1.807, 2.05) is 18.2 Å². The monoisotopic (exact) mass is 494 g/mol. The number of aromatic nitrogens is 2. The Balaban J connectivity index is 1.16. The first-order chi connectivity index (χ1) is 17.1. The number of hydrogen-bond acceptors (Lipinski definition) is 8. The average molecular weight is 495 g/mol. The van der Waals surface area contributed by atoms with Crippen LogP contribution in [0.5, 0.6) is 11.5 Å². The standard InChI is InChI=1S/C26H30N4O4S/c1-27-25(32)21-14-19(10-11-28-21)34-18-8-9-20-24(15-18)35-26(30-20)29-17-6-4-16(5-7-17)13-22(31)23-3-2-12-33-23/h8-11,14-17,23H,2-7,12-13H2,1H3,(H,27,32)(H,29,30)/t16?,17?,23-/m1/s1. The van der Waals surface area contributed by atoms with Gasteiger partial charge in [-0.15, -0.1) is 0 Å². The lowest BCUT2D eigenvalue weighted by Crippen LogP contribution is -2.29. The predicted molar refractivity (Wildman–Crippen MR) is 135 cm³/mol. The molecule has 5 rings (SSSR count). The molecule has 1 amide bonds. The third-order valence-electron chi connectivity index (χ3n) is 6.74. The van der Waals surface area contributed by atoms with E-state index in [2.05, 4.69) is 15.6 Å². The fraction of sp³-hybridized carbons (Fsp3) is 0.462. The molecule has 1 aromatic carbocycles. The molecule has 1 aliphatic carbocycles. The number of hydrogen-bond donors (Lipinski definition) is 2. The van der Waals surface area contributed by atoms with Crippen molar-refractivity contribution in [1.82, 2.24) is 15.3 Å². The summed E-state index contributed by atoms with van der Waals surface area (Å²) in [6.45, 7) is 0.727. The minimum atomic E-state index is -0.257. The molecule has 1 atom stereocenters. The van der Waals surface area contributed by atoms with E-state index in [0.717, 1.165) is 60.5 Å². The van der Waals surface area contributed by atoms with Crippen LogP contribution in [0.15, 0.2) is 36.5 Å². The lowest BCUT2D eigenvalue weighted by molar-refractivity contribution is -0.129. The highest BCUT2D eigenvalue weighted by Gasteiger charge is 2.28. The smallest absolute Gasteiger partial charge is 0.269 e. The van der Waals surface area contributed by atoms with Crippen LogP contribution < -0.4 is 15.4 Å². The van der Waals surface area contributed by atoms with Gasteiger partial charge in [0.15, 0.2) is 10.9 Å². The number of ether oxygens (including phenoxy) is 2. The largest absolute Gasteiger partial charge is 0.457 e. The molecule has 2 fully saturated rings. The van der Waals surface area contributed by atoms with Gasteiger partial charge in [0.1, 0.15) is 23.3 Å². The second kappa shape index (κ2) is 10.7. The molecule has 8 nitrogen and oxygen atoms in total. The molecule has 9 heteroatoms. The average Bonchev–Trinajstić information content (AvgIpc) is 3.55. The van der Waals surface area contributed by atoms with Crippen molar-refractivity contribution in [2.75, 3.05) is 19.0 Å². The molecule has 1 saturated heterocycles. The number of thiazole rings is 1. The molecule has 1 saturated carbocycles. The van der Waals surface area contributed by atoms with Crippen molar-refractivity contribution in [1.29, 1.82) is 0 Å². The Kier molecular flexibility index (Phi) is 7.24. The van der Waals surface area contributed by atoms with E-state index in [4.69, 9.17) is 14.5 Å². The molecule has 0 spiro atoms. The number of benzene rings is 1. The third-order valence-corrected chi connectivity index (χ3v) is 7.69. The second-order valence-corrected chi connectivity index (χ2v) is 10.3. The molecule has 3 aromatic rings. The van der Waals surface area contributed by atoms with Gasteiger partial charge in [-0.2, -0.15) is 0 Å². The number of nitrogens with one attached hydrogen (secondary N) is 2. The molecule has 1 aliphatic heterocycles. The van der Waals surface area contributed by atoms with Crippen LogP contribution in [0.2, 0.25) is 0 Å². The van der Waals surface area contributed by atoms with Gasteiger partial charge >= 0.3 is 0 Å². The Morgan fingerprint density at radius 1 is 1.11 bits per heavy atom. The zero-order chi connectivity index (χ0) is 24.2. The van der Waals surface area contributed by atoms with Crippen LogP contribution in [-0.4, -0.2) is 47.5 Å². The first kappa shape index (κ1) is 23.7. The highest BCUT2D eigenvalue weighted by Crippen LogP contribution is 2.34. The lowest BCUT2D eigenvalue weighted by atomic mass is 9.82. The van der Waals surface area contributed by atoms with E-state index in [0.29, 0.717) is 41.4 Å². The first-order valence-corrected chi connectivity index (χ1v) is 13.1. The van der Waals surface area contributed by atoms with Gasteiger partial charge in [0.05, 0.1) is 10.2 Å². The second-order valence-electron chi connectivity index (χ2n) is 9.24. The van der Waals surface area contributed by atoms with Crippen LogP contribution in [0.1, 0.15) is 55.4 Å². The molecule has 2 aliphatic rings. The molecule has 0 radical (unpaired) electrons. The molecule has 0 bridgehead atoms. The number of carbonyl (C=O) groups excluding carboxylic acids is 2. The Labute approximate surface area is 208 Å². The maximum absolute atomic E-state index is 12.4. The summed E-state index contributed by atoms with van der Waals surface area (Å²) < 4.78 is 12.5. The normalized spacial score (nSPS) is 22.1. The summed E-state index contributed by atoms with van der Waals surface area (Å²) in [5, 5.41) is 7.07. The van der Waals surface area contributed by atoms with Gasteiger partial charge in [0, 0.05) is 44.4 Å². The minimum Gasteiger partial charge on any atom is -0.457 e. The Morgan fingerprint density at radius 3 is 2.71 bits per heavy atom. The number of Topliss-reactive ketones (excluding diaryl/α,β-unsaturated/α-hetero) is 1. The van der Waals surface area contributed by atoms with E-state index in [9.17, 15) is 9.59 Å². The number of ketones is 1. The summed E-state index contributed by atoms with van der Waals surface area (Å²) in [5.41, 5.74) is 1.22. The van der Waals surface area contributed by atoms with E-state index in [1.165, 1.54) is 0 Å². The molecule has 35 heavy (non-hydrogen) atoms. The third kappa shape index (κ3) is 5.79. The van der Waals surface area contributed by atoms with E-state index < -0.39 is 0 Å². The van der Waals surface area contributed by atoms with Crippen LogP contribution in [0.3, 0.4) is 0 Å². The summed E-state index contributed by atoms with van der Waals surface area (Å²) in [4.78, 5) is 33.0. The number of fused-ring (bicyclic) bond motifs is 1.